The van der Waals surface area contributed by atoms with Crippen LogP contribution >= 0.6 is 0 Å². The molecule has 1 saturated heterocycles. The molecule has 7 heteroatoms. The minimum atomic E-state index is -0.119. The Morgan fingerprint density at radius 1 is 1.36 bits per heavy atom. The Morgan fingerprint density at radius 3 is 2.96 bits per heavy atom. The van der Waals surface area contributed by atoms with Crippen molar-refractivity contribution in [3.05, 3.63) is 40.9 Å². The number of likely N-dealkylation sites (N-methyl/N-ethyl adjacent to an activating group) is 1. The van der Waals surface area contributed by atoms with E-state index in [4.69, 9.17) is 4.74 Å². The summed E-state index contributed by atoms with van der Waals surface area (Å²) >= 11 is 0. The van der Waals surface area contributed by atoms with Crippen LogP contribution in [0.4, 0.5) is 0 Å². The quantitative estimate of drug-likeness (QED) is 0.831. The summed E-state index contributed by atoms with van der Waals surface area (Å²) in [7, 11) is 2.01. The normalized spacial score (nSPS) is 20.9. The summed E-state index contributed by atoms with van der Waals surface area (Å²) in [5, 5.41) is 3.60. The van der Waals surface area contributed by atoms with Gasteiger partial charge in [-0.3, -0.25) is 14.2 Å². The number of nitrogens with zero attached hydrogens (tertiary/aromatic N) is 3. The molecule has 0 saturated carbocycles. The van der Waals surface area contributed by atoms with Crippen LogP contribution in [0.15, 0.2) is 35.4 Å². The van der Waals surface area contributed by atoms with E-state index in [1.54, 1.807) is 12.1 Å². The lowest BCUT2D eigenvalue weighted by atomic mass is 10.2. The average molecular weight is 344 g/mol. The molecule has 134 valence electrons. The summed E-state index contributed by atoms with van der Waals surface area (Å²) in [6.07, 6.45) is 1.76. The van der Waals surface area contributed by atoms with Gasteiger partial charge in [-0.2, -0.15) is 0 Å². The van der Waals surface area contributed by atoms with Crippen molar-refractivity contribution in [1.29, 1.82) is 0 Å². The minimum Gasteiger partial charge on any atom is -0.375 e. The molecule has 1 N–H and O–H groups in total. The van der Waals surface area contributed by atoms with E-state index in [0.717, 1.165) is 13.1 Å². The fourth-order valence-electron chi connectivity index (χ4n) is 3.25. The Balaban J connectivity index is 1.61. The fourth-order valence-corrected chi connectivity index (χ4v) is 3.25. The molecule has 2 atom stereocenters. The van der Waals surface area contributed by atoms with E-state index in [2.05, 4.69) is 15.2 Å². The number of aryl methyl sites for hydroxylation is 1. The second-order valence-corrected chi connectivity index (χ2v) is 6.40. The van der Waals surface area contributed by atoms with Gasteiger partial charge in [-0.15, -0.1) is 0 Å². The summed E-state index contributed by atoms with van der Waals surface area (Å²) in [5.41, 5.74) is 0.549. The number of carbonyl (C=O) groups excluding carboxylic acids is 1. The van der Waals surface area contributed by atoms with Crippen LogP contribution in [0.5, 0.6) is 0 Å². The molecule has 7 nitrogen and oxygen atoms in total. The smallest absolute Gasteiger partial charge is 0.261 e. The maximum absolute atomic E-state index is 12.4. The number of carbonyl (C=O) groups is 1. The lowest BCUT2D eigenvalue weighted by molar-refractivity contribution is -0.122. The van der Waals surface area contributed by atoms with E-state index in [-0.39, 0.29) is 30.0 Å². The summed E-state index contributed by atoms with van der Waals surface area (Å²) in [5.74, 6) is -0.0786. The van der Waals surface area contributed by atoms with Crippen LogP contribution in [0.3, 0.4) is 0 Å². The summed E-state index contributed by atoms with van der Waals surface area (Å²) in [6.45, 7) is 4.48. The van der Waals surface area contributed by atoms with Crippen molar-refractivity contribution in [2.75, 3.05) is 26.7 Å². The third-order valence-electron chi connectivity index (χ3n) is 4.49. The Hall–Kier alpha value is -2.25. The molecule has 3 rings (SSSR count). The Labute approximate surface area is 146 Å². The van der Waals surface area contributed by atoms with Crippen LogP contribution in [0.1, 0.15) is 13.3 Å². The average Bonchev–Trinajstić information content (AvgIpc) is 2.94. The molecule has 1 aliphatic rings. The second-order valence-electron chi connectivity index (χ2n) is 6.40. The predicted molar refractivity (Wildman–Crippen MR) is 95.5 cm³/mol. The molecule has 1 fully saturated rings. The van der Waals surface area contributed by atoms with Crippen molar-refractivity contribution in [1.82, 2.24) is 19.8 Å². The van der Waals surface area contributed by atoms with Gasteiger partial charge < -0.3 is 15.0 Å². The van der Waals surface area contributed by atoms with Gasteiger partial charge in [-0.25, -0.2) is 4.98 Å². The van der Waals surface area contributed by atoms with Crippen molar-refractivity contribution >= 4 is 16.8 Å². The van der Waals surface area contributed by atoms with E-state index in [1.807, 2.05) is 26.1 Å². The van der Waals surface area contributed by atoms with Crippen LogP contribution in [0, 0.1) is 0 Å². The monoisotopic (exact) mass is 344 g/mol. The van der Waals surface area contributed by atoms with Crippen LogP contribution in [0.25, 0.3) is 10.9 Å². The molecule has 2 aromatic rings. The number of ether oxygens (including phenoxy) is 1. The molecule has 0 bridgehead atoms. The Morgan fingerprint density at radius 2 is 2.16 bits per heavy atom. The van der Waals surface area contributed by atoms with Gasteiger partial charge in [0, 0.05) is 32.7 Å². The van der Waals surface area contributed by atoms with Crippen LogP contribution in [-0.4, -0.2) is 59.2 Å². The van der Waals surface area contributed by atoms with Crippen molar-refractivity contribution in [3.63, 3.8) is 0 Å². The van der Waals surface area contributed by atoms with Gasteiger partial charge >= 0.3 is 0 Å². The zero-order chi connectivity index (χ0) is 17.8. The molecule has 1 amide bonds. The lowest BCUT2D eigenvalue weighted by Crippen LogP contribution is -2.44. The van der Waals surface area contributed by atoms with Gasteiger partial charge in [0.05, 0.1) is 29.4 Å². The summed E-state index contributed by atoms with van der Waals surface area (Å²) in [6, 6.07) is 7.21. The maximum atomic E-state index is 12.4. The molecule has 0 aliphatic carbocycles. The van der Waals surface area contributed by atoms with Crippen molar-refractivity contribution < 1.29 is 9.53 Å². The van der Waals surface area contributed by atoms with Gasteiger partial charge in [-0.1, -0.05) is 12.1 Å². The molecule has 1 aromatic heterocycles. The first-order valence-corrected chi connectivity index (χ1v) is 8.62. The SMILES string of the molecule is CCO[C@@H]1CN(C)C[C@H]1NC(=O)CCn1cnc2ccccc2c1=O. The predicted octanol–water partition coefficient (Wildman–Crippen LogP) is 0.622. The van der Waals surface area contributed by atoms with E-state index in [0.29, 0.717) is 24.1 Å². The largest absolute Gasteiger partial charge is 0.375 e. The van der Waals surface area contributed by atoms with Crippen LogP contribution in [-0.2, 0) is 16.1 Å². The highest BCUT2D eigenvalue weighted by atomic mass is 16.5. The number of hydrogen-bond acceptors (Lipinski definition) is 5. The number of fused-ring (bicyclic) bond motifs is 1. The topological polar surface area (TPSA) is 76.5 Å². The standard InChI is InChI=1S/C18H24N4O3/c1-3-25-16-11-21(2)10-15(16)20-17(23)8-9-22-12-19-14-7-5-4-6-13(14)18(22)24/h4-7,12,15-16H,3,8-11H2,1-2H3,(H,20,23)/t15-,16-/m1/s1. The van der Waals surface area contributed by atoms with Gasteiger partial charge in [0.15, 0.2) is 0 Å². The molecule has 2 heterocycles. The van der Waals surface area contributed by atoms with E-state index in [9.17, 15) is 9.59 Å². The number of aromatic nitrogens is 2. The van der Waals surface area contributed by atoms with E-state index in [1.165, 1.54) is 10.9 Å². The first-order chi connectivity index (χ1) is 12.1. The maximum Gasteiger partial charge on any atom is 0.261 e. The third-order valence-corrected chi connectivity index (χ3v) is 4.49. The number of benzene rings is 1. The molecular weight excluding hydrogens is 320 g/mol. The Bertz CT molecular complexity index is 804. The molecule has 25 heavy (non-hydrogen) atoms. The summed E-state index contributed by atoms with van der Waals surface area (Å²) in [4.78, 5) is 31.1. The number of amides is 1. The van der Waals surface area contributed by atoms with Gasteiger partial charge in [-0.05, 0) is 26.1 Å². The lowest BCUT2D eigenvalue weighted by Gasteiger charge is -2.19. The van der Waals surface area contributed by atoms with E-state index >= 15 is 0 Å². The van der Waals surface area contributed by atoms with Crippen molar-refractivity contribution in [2.24, 2.45) is 0 Å². The van der Waals surface area contributed by atoms with Crippen LogP contribution < -0.4 is 10.9 Å². The number of hydrogen-bond donors (Lipinski definition) is 1. The minimum absolute atomic E-state index is 0.0103. The number of nitrogens with one attached hydrogen (secondary N) is 1. The second kappa shape index (κ2) is 7.76. The highest BCUT2D eigenvalue weighted by Gasteiger charge is 2.32. The van der Waals surface area contributed by atoms with Gasteiger partial charge in [0.25, 0.3) is 5.56 Å². The Kier molecular flexibility index (Phi) is 5.45. The molecule has 1 aromatic carbocycles. The third kappa shape index (κ3) is 4.05. The number of rotatable bonds is 6. The highest BCUT2D eigenvalue weighted by molar-refractivity contribution is 5.77. The zero-order valence-corrected chi connectivity index (χ0v) is 14.6. The molecule has 0 radical (unpaired) electrons. The number of likely N-dealkylation sites (tertiary alicyclic amines) is 1. The highest BCUT2D eigenvalue weighted by Crippen LogP contribution is 2.12. The molecule has 0 unspecified atom stereocenters. The van der Waals surface area contributed by atoms with Gasteiger partial charge in [0.1, 0.15) is 0 Å². The van der Waals surface area contributed by atoms with Gasteiger partial charge in [0.2, 0.25) is 5.91 Å². The fraction of sp³-hybridized carbons (Fsp3) is 0.500. The molecule has 0 spiro atoms. The molecular formula is C18H24N4O3. The molecule has 1 aliphatic heterocycles. The first-order valence-electron chi connectivity index (χ1n) is 8.62. The van der Waals surface area contributed by atoms with Crippen LogP contribution in [0.2, 0.25) is 0 Å². The zero-order valence-electron chi connectivity index (χ0n) is 14.6. The first kappa shape index (κ1) is 17.6. The number of para-hydroxylation sites is 1. The van der Waals surface area contributed by atoms with Crippen molar-refractivity contribution in [3.8, 4) is 0 Å². The van der Waals surface area contributed by atoms with Crippen molar-refractivity contribution in [2.45, 2.75) is 32.0 Å². The van der Waals surface area contributed by atoms with E-state index < -0.39 is 0 Å². The summed E-state index contributed by atoms with van der Waals surface area (Å²) < 4.78 is 7.18.